The van der Waals surface area contributed by atoms with Crippen LogP contribution in [-0.2, 0) is 14.3 Å². The third-order valence-corrected chi connectivity index (χ3v) is 4.81. The number of ether oxygens (including phenoxy) is 2. The van der Waals surface area contributed by atoms with Gasteiger partial charge in [-0.15, -0.1) is 0 Å². The van der Waals surface area contributed by atoms with Gasteiger partial charge in [-0.05, 0) is 37.0 Å². The van der Waals surface area contributed by atoms with Crippen LogP contribution in [0.25, 0.3) is 0 Å². The molecule has 0 N–H and O–H groups in total. The van der Waals surface area contributed by atoms with Gasteiger partial charge in [0.1, 0.15) is 11.7 Å². The van der Waals surface area contributed by atoms with Gasteiger partial charge in [0.05, 0.1) is 0 Å². The lowest BCUT2D eigenvalue weighted by atomic mass is 9.83. The van der Waals surface area contributed by atoms with Gasteiger partial charge >= 0.3 is 0 Å². The molecule has 0 saturated heterocycles. The van der Waals surface area contributed by atoms with Crippen LogP contribution < -0.4 is 0 Å². The summed E-state index contributed by atoms with van der Waals surface area (Å²) in [5.41, 5.74) is 0.130. The molecule has 2 aliphatic carbocycles. The largest absolute Gasteiger partial charge is 0.483 e. The summed E-state index contributed by atoms with van der Waals surface area (Å²) < 4.78 is 11.1. The minimum atomic E-state index is -0.276. The molecule has 3 nitrogen and oxygen atoms in total. The molecule has 2 aliphatic rings. The molecule has 0 bridgehead atoms. The van der Waals surface area contributed by atoms with E-state index < -0.39 is 0 Å². The van der Waals surface area contributed by atoms with Gasteiger partial charge in [-0.25, -0.2) is 4.79 Å². The van der Waals surface area contributed by atoms with E-state index in [-0.39, 0.29) is 11.7 Å². The molecule has 0 aliphatic heterocycles. The second kappa shape index (κ2) is 3.61. The van der Waals surface area contributed by atoms with Crippen molar-refractivity contribution in [2.24, 2.45) is 17.3 Å². The molecule has 0 aromatic rings. The third kappa shape index (κ3) is 1.59. The van der Waals surface area contributed by atoms with Crippen molar-refractivity contribution in [2.45, 2.75) is 45.3 Å². The van der Waals surface area contributed by atoms with E-state index in [4.69, 9.17) is 9.47 Å². The maximum absolute atomic E-state index is 10.2. The van der Waals surface area contributed by atoms with E-state index in [2.05, 4.69) is 20.8 Å². The maximum atomic E-state index is 10.2. The van der Waals surface area contributed by atoms with Crippen LogP contribution in [0.1, 0.15) is 33.6 Å². The normalized spacial score (nSPS) is 44.1. The molecule has 0 radical (unpaired) electrons. The fourth-order valence-corrected chi connectivity index (χ4v) is 3.30. The average Bonchev–Trinajstić information content (AvgIpc) is 2.76. The lowest BCUT2D eigenvalue weighted by molar-refractivity contribution is -0.118. The monoisotopic (exact) mass is 224 g/mol. The first-order valence-electron chi connectivity index (χ1n) is 5.85. The summed E-state index contributed by atoms with van der Waals surface area (Å²) in [6.45, 7) is 6.67. The highest BCUT2D eigenvalue weighted by atomic mass is 16.5. The van der Waals surface area contributed by atoms with Gasteiger partial charge in [0, 0.05) is 7.11 Å². The quantitative estimate of drug-likeness (QED) is 0.544. The molecule has 0 aromatic heterocycles. The fourth-order valence-electron chi connectivity index (χ4n) is 3.30. The third-order valence-electron chi connectivity index (χ3n) is 4.81. The van der Waals surface area contributed by atoms with E-state index in [1.807, 2.05) is 0 Å². The van der Waals surface area contributed by atoms with Gasteiger partial charge < -0.3 is 9.47 Å². The summed E-state index contributed by atoms with van der Waals surface area (Å²) >= 11 is 0. The molecule has 0 amide bonds. The molecule has 2 rings (SSSR count). The standard InChI is InChI=1S/C13H20O3/c1-12(2)9-7-11(16-6-5-14)13(3,15-4)8-10(9)12/h6,9-11H,7-8H2,1-4H3/t9-,10+,11-,13-/m1/s1. The van der Waals surface area contributed by atoms with Gasteiger partial charge in [0.2, 0.25) is 0 Å². The Hall–Kier alpha value is -0.790. The number of hydrogen-bond donors (Lipinski definition) is 0. The van der Waals surface area contributed by atoms with Gasteiger partial charge in [0.15, 0.2) is 12.2 Å². The summed E-state index contributed by atoms with van der Waals surface area (Å²) in [6.07, 6.45) is 3.08. The Balaban J connectivity index is 2.13. The summed E-state index contributed by atoms with van der Waals surface area (Å²) in [5.74, 6) is 3.12. The zero-order valence-corrected chi connectivity index (χ0v) is 10.4. The average molecular weight is 224 g/mol. The highest BCUT2D eigenvalue weighted by Gasteiger charge is 2.64. The highest BCUT2D eigenvalue weighted by molar-refractivity contribution is 5.42. The summed E-state index contributed by atoms with van der Waals surface area (Å²) in [7, 11) is 1.72. The summed E-state index contributed by atoms with van der Waals surface area (Å²) in [4.78, 5) is 10.2. The van der Waals surface area contributed by atoms with Crippen molar-refractivity contribution in [3.05, 3.63) is 6.26 Å². The molecule has 2 fully saturated rings. The first-order valence-corrected chi connectivity index (χ1v) is 5.85. The Morgan fingerprint density at radius 2 is 2.00 bits per heavy atom. The molecule has 0 heterocycles. The Labute approximate surface area is 96.8 Å². The first kappa shape index (κ1) is 11.7. The second-order valence-electron chi connectivity index (χ2n) is 5.85. The van der Waals surface area contributed by atoms with Crippen LogP contribution in [0.5, 0.6) is 0 Å². The second-order valence-corrected chi connectivity index (χ2v) is 5.85. The van der Waals surface area contributed by atoms with Gasteiger partial charge in [-0.1, -0.05) is 13.8 Å². The molecule has 4 atom stereocenters. The number of hydrogen-bond acceptors (Lipinski definition) is 3. The van der Waals surface area contributed by atoms with Crippen LogP contribution >= 0.6 is 0 Å². The number of methoxy groups -OCH3 is 1. The summed E-state index contributed by atoms with van der Waals surface area (Å²) in [6, 6.07) is 0. The zero-order valence-electron chi connectivity index (χ0n) is 10.4. The van der Waals surface area contributed by atoms with Crippen LogP contribution in [0.15, 0.2) is 6.26 Å². The van der Waals surface area contributed by atoms with Crippen molar-refractivity contribution in [2.75, 3.05) is 7.11 Å². The number of carbonyl (C=O) groups excluding carboxylic acids is 1. The Morgan fingerprint density at radius 3 is 2.56 bits per heavy atom. The van der Waals surface area contributed by atoms with E-state index in [1.54, 1.807) is 13.1 Å². The highest BCUT2D eigenvalue weighted by Crippen LogP contribution is 2.67. The molecule has 0 unspecified atom stereocenters. The topological polar surface area (TPSA) is 35.5 Å². The lowest BCUT2D eigenvalue weighted by Crippen LogP contribution is -2.45. The zero-order chi connectivity index (χ0) is 12.0. The van der Waals surface area contributed by atoms with Crippen molar-refractivity contribution in [1.82, 2.24) is 0 Å². The van der Waals surface area contributed by atoms with Gasteiger partial charge in [-0.3, -0.25) is 0 Å². The lowest BCUT2D eigenvalue weighted by Gasteiger charge is -2.38. The van der Waals surface area contributed by atoms with Gasteiger partial charge in [-0.2, -0.15) is 0 Å². The van der Waals surface area contributed by atoms with Crippen LogP contribution in [0.4, 0.5) is 0 Å². The minimum Gasteiger partial charge on any atom is -0.483 e. The van der Waals surface area contributed by atoms with Crippen molar-refractivity contribution in [3.63, 3.8) is 0 Å². The predicted octanol–water partition coefficient (Wildman–Crippen LogP) is 2.19. The Morgan fingerprint density at radius 1 is 1.31 bits per heavy atom. The van der Waals surface area contributed by atoms with E-state index >= 15 is 0 Å². The molecule has 2 saturated carbocycles. The molecular formula is C13H20O3. The fraction of sp³-hybridized carbons (Fsp3) is 0.846. The minimum absolute atomic E-state index is 0.0259. The van der Waals surface area contributed by atoms with Crippen molar-refractivity contribution >= 4 is 5.94 Å². The molecule has 0 aromatic carbocycles. The molecule has 16 heavy (non-hydrogen) atoms. The van der Waals surface area contributed by atoms with Crippen LogP contribution in [0, 0.1) is 17.3 Å². The van der Waals surface area contributed by atoms with E-state index in [0.29, 0.717) is 11.3 Å². The van der Waals surface area contributed by atoms with E-state index in [0.717, 1.165) is 25.0 Å². The Bertz CT molecular complexity index is 330. The van der Waals surface area contributed by atoms with E-state index in [9.17, 15) is 4.79 Å². The number of rotatable bonds is 3. The molecular weight excluding hydrogens is 204 g/mol. The summed E-state index contributed by atoms with van der Waals surface area (Å²) in [5, 5.41) is 0. The van der Waals surface area contributed by atoms with E-state index in [1.165, 1.54) is 0 Å². The first-order chi connectivity index (χ1) is 7.45. The Kier molecular flexibility index (Phi) is 2.64. The SMILES string of the molecule is CO[C@]1(C)C[C@H]2[C@@H](C[C@H]1OC=C=O)C2(C)C. The van der Waals surface area contributed by atoms with Gasteiger partial charge in [0.25, 0.3) is 0 Å². The van der Waals surface area contributed by atoms with Crippen LogP contribution in [0.2, 0.25) is 0 Å². The molecule has 3 heteroatoms. The van der Waals surface area contributed by atoms with Crippen LogP contribution in [-0.4, -0.2) is 24.8 Å². The van der Waals surface area contributed by atoms with Crippen molar-refractivity contribution < 1.29 is 14.3 Å². The predicted molar refractivity (Wildman–Crippen MR) is 60.5 cm³/mol. The maximum Gasteiger partial charge on any atom is 0.167 e. The molecule has 0 spiro atoms. The smallest absolute Gasteiger partial charge is 0.167 e. The van der Waals surface area contributed by atoms with Crippen molar-refractivity contribution in [1.29, 1.82) is 0 Å². The molecule has 90 valence electrons. The number of fused-ring (bicyclic) bond motifs is 1. The van der Waals surface area contributed by atoms with Crippen molar-refractivity contribution in [3.8, 4) is 0 Å². The van der Waals surface area contributed by atoms with Crippen LogP contribution in [0.3, 0.4) is 0 Å².